The molecule has 0 amide bonds. The molecule has 0 radical (unpaired) electrons. The summed E-state index contributed by atoms with van der Waals surface area (Å²) in [5, 5.41) is 8.80. The lowest BCUT2D eigenvalue weighted by molar-refractivity contribution is -0.870. The maximum absolute atomic E-state index is 12.7. The van der Waals surface area contributed by atoms with E-state index in [1.807, 2.05) is 27.2 Å². The Labute approximate surface area is 348 Å². The van der Waals surface area contributed by atoms with Crippen LogP contribution in [0.2, 0.25) is 0 Å². The Morgan fingerprint density at radius 1 is 0.579 bits per heavy atom. The number of esters is 2. The molecule has 0 saturated heterocycles. The zero-order chi connectivity index (χ0) is 42.1. The van der Waals surface area contributed by atoms with Gasteiger partial charge in [-0.15, -0.1) is 0 Å². The third-order valence-corrected chi connectivity index (χ3v) is 10.4. The molecular formula is C46H85NO9P+. The van der Waals surface area contributed by atoms with Crippen LogP contribution in [0.25, 0.3) is 0 Å². The van der Waals surface area contributed by atoms with Crippen molar-refractivity contribution >= 4 is 19.8 Å². The van der Waals surface area contributed by atoms with Crippen LogP contribution in [0.15, 0.2) is 48.6 Å². The van der Waals surface area contributed by atoms with Crippen LogP contribution in [0, 0.1) is 0 Å². The van der Waals surface area contributed by atoms with E-state index in [0.29, 0.717) is 23.9 Å². The van der Waals surface area contributed by atoms with Crippen molar-refractivity contribution in [2.24, 2.45) is 0 Å². The number of hydrogen-bond donors (Lipinski definition) is 2. The minimum absolute atomic E-state index is 0.0162. The molecule has 0 saturated carbocycles. The van der Waals surface area contributed by atoms with Crippen molar-refractivity contribution in [3.63, 3.8) is 0 Å². The smallest absolute Gasteiger partial charge is 0.462 e. The van der Waals surface area contributed by atoms with Crippen molar-refractivity contribution in [2.45, 2.75) is 180 Å². The van der Waals surface area contributed by atoms with E-state index < -0.39 is 26.5 Å². The monoisotopic (exact) mass is 827 g/mol. The molecule has 0 bridgehead atoms. The van der Waals surface area contributed by atoms with Crippen LogP contribution >= 0.6 is 7.82 Å². The number of ether oxygens (including phenoxy) is 2. The van der Waals surface area contributed by atoms with Gasteiger partial charge in [-0.05, 0) is 57.8 Å². The predicted octanol–water partition coefficient (Wildman–Crippen LogP) is 11.7. The molecule has 11 heteroatoms. The summed E-state index contributed by atoms with van der Waals surface area (Å²) >= 11 is 0. The molecule has 0 aliphatic rings. The summed E-state index contributed by atoms with van der Waals surface area (Å²) in [7, 11) is 1.42. The minimum Gasteiger partial charge on any atom is -0.462 e. The number of phosphoric acid groups is 1. The maximum atomic E-state index is 12.7. The number of carbonyl (C=O) groups excluding carboxylic acids is 2. The summed E-state index contributed by atoms with van der Waals surface area (Å²) in [6.07, 6.45) is 43.2. The second kappa shape index (κ2) is 39.4. The molecule has 2 N–H and O–H groups in total. The van der Waals surface area contributed by atoms with Gasteiger partial charge in [0.2, 0.25) is 0 Å². The normalized spacial score (nSPS) is 14.0. The second-order valence-electron chi connectivity index (χ2n) is 16.2. The zero-order valence-electron chi connectivity index (χ0n) is 36.8. The Morgan fingerprint density at radius 2 is 1.04 bits per heavy atom. The third kappa shape index (κ3) is 43.3. The summed E-state index contributed by atoms with van der Waals surface area (Å²) in [6, 6.07) is 0. The molecule has 0 spiro atoms. The number of rotatable bonds is 41. The van der Waals surface area contributed by atoms with E-state index in [0.717, 1.165) is 64.2 Å². The van der Waals surface area contributed by atoms with Gasteiger partial charge in [-0.25, -0.2) is 4.57 Å². The SMILES string of the molecule is CCCCCCCCCCCCCCCCCC(=O)OCC(COP(=O)(O)OCC[N+](C)(C)C)OC(=O)CCC/C=C\C/C=C\C/C=C\C/C=C\CCCCCO. The van der Waals surface area contributed by atoms with E-state index in [9.17, 15) is 19.0 Å². The molecule has 0 aromatic rings. The molecule has 0 aliphatic heterocycles. The largest absolute Gasteiger partial charge is 0.472 e. The van der Waals surface area contributed by atoms with Crippen molar-refractivity contribution in [1.29, 1.82) is 0 Å². The van der Waals surface area contributed by atoms with E-state index in [-0.39, 0.29) is 38.6 Å². The van der Waals surface area contributed by atoms with Crippen molar-refractivity contribution in [1.82, 2.24) is 0 Å². The Bertz CT molecular complexity index is 1120. The number of allylic oxidation sites excluding steroid dienone is 8. The fourth-order valence-electron chi connectivity index (χ4n) is 5.87. The highest BCUT2D eigenvalue weighted by Crippen LogP contribution is 2.43. The van der Waals surface area contributed by atoms with E-state index in [4.69, 9.17) is 23.6 Å². The van der Waals surface area contributed by atoms with Crippen molar-refractivity contribution < 1.29 is 47.2 Å². The second-order valence-corrected chi connectivity index (χ2v) is 17.6. The van der Waals surface area contributed by atoms with Gasteiger partial charge in [0.15, 0.2) is 6.10 Å². The van der Waals surface area contributed by atoms with Crippen LogP contribution in [0.4, 0.5) is 0 Å². The summed E-state index contributed by atoms with van der Waals surface area (Å²) < 4.78 is 34.2. The van der Waals surface area contributed by atoms with Crippen molar-refractivity contribution in [2.75, 3.05) is 54.1 Å². The number of quaternary nitrogens is 1. The molecule has 332 valence electrons. The molecule has 0 heterocycles. The van der Waals surface area contributed by atoms with Crippen LogP contribution in [-0.4, -0.2) is 86.6 Å². The van der Waals surface area contributed by atoms with Crippen LogP contribution < -0.4 is 0 Å². The topological polar surface area (TPSA) is 129 Å². The highest BCUT2D eigenvalue weighted by molar-refractivity contribution is 7.47. The van der Waals surface area contributed by atoms with E-state index in [1.54, 1.807) is 0 Å². The number of unbranched alkanes of at least 4 members (excludes halogenated alkanes) is 18. The van der Waals surface area contributed by atoms with Gasteiger partial charge in [0.05, 0.1) is 27.7 Å². The molecule has 0 aliphatic carbocycles. The van der Waals surface area contributed by atoms with Gasteiger partial charge in [0, 0.05) is 19.4 Å². The highest BCUT2D eigenvalue weighted by Gasteiger charge is 2.27. The van der Waals surface area contributed by atoms with E-state index >= 15 is 0 Å². The lowest BCUT2D eigenvalue weighted by Gasteiger charge is -2.24. The first-order valence-corrected chi connectivity index (χ1v) is 24.0. The quantitative estimate of drug-likeness (QED) is 0.0203. The van der Waals surface area contributed by atoms with Gasteiger partial charge in [0.1, 0.15) is 19.8 Å². The van der Waals surface area contributed by atoms with Gasteiger partial charge >= 0.3 is 19.8 Å². The van der Waals surface area contributed by atoms with E-state index in [2.05, 4.69) is 49.5 Å². The minimum atomic E-state index is -4.40. The van der Waals surface area contributed by atoms with E-state index in [1.165, 1.54) is 77.0 Å². The highest BCUT2D eigenvalue weighted by atomic mass is 31.2. The summed E-state index contributed by atoms with van der Waals surface area (Å²) in [5.74, 6) is -0.876. The Hall–Kier alpha value is -2.07. The molecular weight excluding hydrogens is 741 g/mol. The number of phosphoric ester groups is 1. The van der Waals surface area contributed by atoms with Crippen LogP contribution in [0.1, 0.15) is 174 Å². The Morgan fingerprint density at radius 3 is 1.54 bits per heavy atom. The molecule has 10 nitrogen and oxygen atoms in total. The molecule has 2 atom stereocenters. The standard InChI is InChI=1S/C46H84NO9P/c1-5-6-7-8-9-10-11-12-16-19-22-25-28-31-34-37-45(49)53-42-44(43-55-57(51,52)54-41-39-47(2,3)4)56-46(50)38-35-32-29-26-23-20-17-14-13-15-18-21-24-27-30-33-36-40-48/h13,15,17,20-21,24,26,29,44,48H,5-12,14,16,18-19,22-23,25,27-28,30-43H2,1-4H3/p+1/b15-13-,20-17-,24-21-,29-26-. The van der Waals surface area contributed by atoms with Crippen LogP contribution in [0.5, 0.6) is 0 Å². The maximum Gasteiger partial charge on any atom is 0.472 e. The first-order valence-electron chi connectivity index (χ1n) is 22.5. The number of aliphatic hydroxyl groups is 1. The average Bonchev–Trinajstić information content (AvgIpc) is 3.16. The number of aliphatic hydroxyl groups excluding tert-OH is 1. The summed E-state index contributed by atoms with van der Waals surface area (Å²) in [6.45, 7) is 2.36. The molecule has 0 rings (SSSR count). The van der Waals surface area contributed by atoms with Crippen LogP contribution in [0.3, 0.4) is 0 Å². The molecule has 0 fully saturated rings. The predicted molar refractivity (Wildman–Crippen MR) is 235 cm³/mol. The lowest BCUT2D eigenvalue weighted by atomic mass is 10.0. The summed E-state index contributed by atoms with van der Waals surface area (Å²) in [4.78, 5) is 35.3. The molecule has 2 unspecified atom stereocenters. The van der Waals surface area contributed by atoms with Gasteiger partial charge in [-0.2, -0.15) is 0 Å². The first kappa shape index (κ1) is 54.9. The third-order valence-electron chi connectivity index (χ3n) is 9.42. The Balaban J connectivity index is 4.44. The lowest BCUT2D eigenvalue weighted by Crippen LogP contribution is -2.37. The van der Waals surface area contributed by atoms with Gasteiger partial charge in [-0.3, -0.25) is 18.6 Å². The van der Waals surface area contributed by atoms with Gasteiger partial charge in [0.25, 0.3) is 0 Å². The molecule has 0 aromatic carbocycles. The molecule has 0 aromatic heterocycles. The number of nitrogens with zero attached hydrogens (tertiary/aromatic N) is 1. The number of hydrogen-bond acceptors (Lipinski definition) is 8. The fourth-order valence-corrected chi connectivity index (χ4v) is 6.61. The van der Waals surface area contributed by atoms with Gasteiger partial charge < -0.3 is 24.0 Å². The Kier molecular flexibility index (Phi) is 38.0. The zero-order valence-corrected chi connectivity index (χ0v) is 37.7. The fraction of sp³-hybridized carbons (Fsp3) is 0.783. The molecule has 57 heavy (non-hydrogen) atoms. The number of likely N-dealkylation sites (N-methyl/N-ethyl adjacent to an activating group) is 1. The summed E-state index contributed by atoms with van der Waals surface area (Å²) in [5.41, 5.74) is 0. The van der Waals surface area contributed by atoms with Crippen LogP contribution in [-0.2, 0) is 32.7 Å². The number of carbonyl (C=O) groups is 2. The van der Waals surface area contributed by atoms with Gasteiger partial charge in [-0.1, -0.05) is 152 Å². The van der Waals surface area contributed by atoms with Crippen molar-refractivity contribution in [3.8, 4) is 0 Å². The average molecular weight is 827 g/mol. The first-order chi connectivity index (χ1) is 27.5. The van der Waals surface area contributed by atoms with Crippen molar-refractivity contribution in [3.05, 3.63) is 48.6 Å².